The molecule has 0 spiro atoms. The zero-order chi connectivity index (χ0) is 30.8. The molecule has 8 nitrogen and oxygen atoms in total. The summed E-state index contributed by atoms with van der Waals surface area (Å²) in [7, 11) is 7.02. The molecular formula is C35H41N5O3. The summed E-state index contributed by atoms with van der Waals surface area (Å²) in [5, 5.41) is 9.89. The van der Waals surface area contributed by atoms with Crippen LogP contribution in [0.1, 0.15) is 27.0 Å². The highest BCUT2D eigenvalue weighted by Gasteiger charge is 2.30. The third-order valence-electron chi connectivity index (χ3n) is 7.44. The minimum absolute atomic E-state index is 0.126. The van der Waals surface area contributed by atoms with Gasteiger partial charge in [0, 0.05) is 46.2 Å². The molecule has 0 saturated heterocycles. The normalized spacial score (nSPS) is 12.5. The van der Waals surface area contributed by atoms with E-state index < -0.39 is 12.0 Å². The van der Waals surface area contributed by atoms with E-state index in [9.17, 15) is 14.4 Å². The number of hydrazine groups is 1. The molecule has 3 N–H and O–H groups in total. The number of nitrogens with one attached hydrogen (secondary N) is 3. The Bertz CT molecular complexity index is 1540. The molecule has 4 aromatic rings. The van der Waals surface area contributed by atoms with Crippen molar-refractivity contribution in [3.8, 4) is 0 Å². The van der Waals surface area contributed by atoms with Crippen molar-refractivity contribution in [3.05, 3.63) is 119 Å². The second-order valence-electron chi connectivity index (χ2n) is 11.1. The minimum Gasteiger partial charge on any atom is -0.353 e. The van der Waals surface area contributed by atoms with Crippen LogP contribution in [0.4, 0.5) is 0 Å². The predicted octanol–water partition coefficient (Wildman–Crippen LogP) is 3.81. The summed E-state index contributed by atoms with van der Waals surface area (Å²) in [4.78, 5) is 42.2. The molecule has 2 atom stereocenters. The van der Waals surface area contributed by atoms with Crippen molar-refractivity contribution >= 4 is 28.5 Å². The zero-order valence-electron chi connectivity index (χ0n) is 25.3. The second-order valence-corrected chi connectivity index (χ2v) is 11.1. The van der Waals surface area contributed by atoms with Crippen molar-refractivity contribution in [1.29, 1.82) is 0 Å². The van der Waals surface area contributed by atoms with Crippen LogP contribution in [-0.4, -0.2) is 68.4 Å². The lowest BCUT2D eigenvalue weighted by molar-refractivity contribution is -0.129. The van der Waals surface area contributed by atoms with Crippen LogP contribution in [0.25, 0.3) is 10.8 Å². The second kappa shape index (κ2) is 15.1. The molecule has 8 heteroatoms. The summed E-state index contributed by atoms with van der Waals surface area (Å²) in [6, 6.07) is 30.5. The van der Waals surface area contributed by atoms with E-state index in [1.54, 1.807) is 32.2 Å². The van der Waals surface area contributed by atoms with Crippen LogP contribution >= 0.6 is 0 Å². The molecule has 4 aromatic carbocycles. The minimum atomic E-state index is -0.795. The Morgan fingerprint density at radius 3 is 2.12 bits per heavy atom. The van der Waals surface area contributed by atoms with Crippen LogP contribution in [0.15, 0.2) is 97.1 Å². The molecule has 0 saturated carbocycles. The van der Waals surface area contributed by atoms with Crippen molar-refractivity contribution in [2.24, 2.45) is 5.92 Å². The quantitative estimate of drug-likeness (QED) is 0.210. The highest BCUT2D eigenvalue weighted by Crippen LogP contribution is 2.19. The first kappa shape index (κ1) is 31.4. The topological polar surface area (TPSA) is 93.8 Å². The van der Waals surface area contributed by atoms with E-state index in [0.29, 0.717) is 24.9 Å². The third kappa shape index (κ3) is 8.73. The van der Waals surface area contributed by atoms with Crippen LogP contribution in [-0.2, 0) is 29.0 Å². The lowest BCUT2D eigenvalue weighted by atomic mass is 9.97. The lowest BCUT2D eigenvalue weighted by Gasteiger charge is -2.29. The molecule has 224 valence electrons. The number of rotatable bonds is 13. The fourth-order valence-electron chi connectivity index (χ4n) is 5.17. The number of hydrogen-bond acceptors (Lipinski definition) is 5. The van der Waals surface area contributed by atoms with Gasteiger partial charge in [-0.3, -0.25) is 19.8 Å². The summed E-state index contributed by atoms with van der Waals surface area (Å²) in [6.45, 7) is 0.755. The van der Waals surface area contributed by atoms with Crippen LogP contribution in [0, 0.1) is 5.92 Å². The van der Waals surface area contributed by atoms with Gasteiger partial charge in [-0.15, -0.1) is 0 Å². The van der Waals surface area contributed by atoms with Gasteiger partial charge >= 0.3 is 0 Å². The molecule has 0 aliphatic rings. The van der Waals surface area contributed by atoms with Crippen molar-refractivity contribution in [2.75, 3.05) is 34.7 Å². The summed E-state index contributed by atoms with van der Waals surface area (Å²) < 4.78 is 0. The first-order chi connectivity index (χ1) is 20.7. The van der Waals surface area contributed by atoms with Gasteiger partial charge in [0.05, 0.1) is 5.92 Å². The van der Waals surface area contributed by atoms with Crippen LogP contribution in [0.3, 0.4) is 0 Å². The number of fused-ring (bicyclic) bond motifs is 1. The molecule has 0 radical (unpaired) electrons. The van der Waals surface area contributed by atoms with Crippen molar-refractivity contribution in [3.63, 3.8) is 0 Å². The Balaban J connectivity index is 1.59. The Hall–Kier alpha value is -4.53. The highest BCUT2D eigenvalue weighted by molar-refractivity contribution is 5.98. The number of carbonyl (C=O) groups excluding carboxylic acids is 3. The average Bonchev–Trinajstić information content (AvgIpc) is 3.01. The van der Waals surface area contributed by atoms with Gasteiger partial charge in [-0.05, 0) is 53.1 Å². The Labute approximate surface area is 254 Å². The molecule has 0 aliphatic heterocycles. The number of likely N-dealkylation sites (N-methyl/N-ethyl adjacent to an activating group) is 1. The van der Waals surface area contributed by atoms with Gasteiger partial charge in [0.25, 0.3) is 5.91 Å². The van der Waals surface area contributed by atoms with E-state index in [-0.39, 0.29) is 24.3 Å². The molecule has 43 heavy (non-hydrogen) atoms. The molecule has 0 unspecified atom stereocenters. The fraction of sp³-hybridized carbons (Fsp3) is 0.286. The van der Waals surface area contributed by atoms with E-state index in [4.69, 9.17) is 0 Å². The number of amides is 3. The van der Waals surface area contributed by atoms with E-state index in [2.05, 4.69) is 22.1 Å². The maximum Gasteiger partial charge on any atom is 0.254 e. The zero-order valence-corrected chi connectivity index (χ0v) is 25.3. The van der Waals surface area contributed by atoms with E-state index >= 15 is 0 Å². The third-order valence-corrected chi connectivity index (χ3v) is 7.44. The maximum atomic E-state index is 13.9. The van der Waals surface area contributed by atoms with Gasteiger partial charge in [-0.25, -0.2) is 5.01 Å². The number of hydrogen-bond donors (Lipinski definition) is 3. The molecule has 0 fully saturated rings. The highest BCUT2D eigenvalue weighted by atomic mass is 16.2. The van der Waals surface area contributed by atoms with E-state index in [0.717, 1.165) is 27.5 Å². The lowest BCUT2D eigenvalue weighted by Crippen LogP contribution is -2.51. The van der Waals surface area contributed by atoms with Crippen LogP contribution in [0.2, 0.25) is 0 Å². The standard InChI is InChI=1S/C35H41N5O3/c1-36-23-27-13-10-16-30(21-27)35(43)40(4)32(22-26-17-18-28-14-8-9-15-29(28)20-26)34(42)37-24-31(33(41)38-39(2)3)19-25-11-6-5-7-12-25/h5-18,20-21,31-32,36H,19,22-24H2,1-4H3,(H,37,42)(H,38,41)/t31-,32-/m1/s1. The van der Waals surface area contributed by atoms with E-state index in [1.807, 2.05) is 92.0 Å². The molecule has 0 aliphatic carbocycles. The van der Waals surface area contributed by atoms with Gasteiger partial charge in [-0.2, -0.15) is 0 Å². The predicted molar refractivity (Wildman–Crippen MR) is 171 cm³/mol. The van der Waals surface area contributed by atoms with Gasteiger partial charge in [-0.1, -0.05) is 84.9 Å². The largest absolute Gasteiger partial charge is 0.353 e. The van der Waals surface area contributed by atoms with Crippen LogP contribution < -0.4 is 16.1 Å². The SMILES string of the molecule is CNCc1cccc(C(=O)N(C)[C@H](Cc2ccc3ccccc3c2)C(=O)NC[C@@H](Cc2ccccc2)C(=O)NN(C)C)c1. The molecule has 4 rings (SSSR count). The van der Waals surface area contributed by atoms with E-state index in [1.165, 1.54) is 4.90 Å². The molecule has 0 bridgehead atoms. The van der Waals surface area contributed by atoms with Gasteiger partial charge in [0.2, 0.25) is 11.8 Å². The Morgan fingerprint density at radius 1 is 0.698 bits per heavy atom. The monoisotopic (exact) mass is 579 g/mol. The van der Waals surface area contributed by atoms with Crippen molar-refractivity contribution < 1.29 is 14.4 Å². The van der Waals surface area contributed by atoms with Crippen molar-refractivity contribution in [1.82, 2.24) is 26.0 Å². The smallest absolute Gasteiger partial charge is 0.254 e. The fourth-order valence-corrected chi connectivity index (χ4v) is 5.17. The number of nitrogens with zero attached hydrogens (tertiary/aromatic N) is 2. The summed E-state index contributed by atoms with van der Waals surface area (Å²) in [6.07, 6.45) is 0.783. The van der Waals surface area contributed by atoms with Gasteiger partial charge in [0.1, 0.15) is 6.04 Å². The molecular weight excluding hydrogens is 538 g/mol. The van der Waals surface area contributed by atoms with Crippen molar-refractivity contribution in [2.45, 2.75) is 25.4 Å². The molecule has 0 heterocycles. The van der Waals surface area contributed by atoms with Gasteiger partial charge < -0.3 is 15.5 Å². The number of benzene rings is 4. The summed E-state index contributed by atoms with van der Waals surface area (Å²) >= 11 is 0. The van der Waals surface area contributed by atoms with Gasteiger partial charge in [0.15, 0.2) is 0 Å². The maximum absolute atomic E-state index is 13.9. The first-order valence-electron chi connectivity index (χ1n) is 14.5. The number of carbonyl (C=O) groups is 3. The first-order valence-corrected chi connectivity index (χ1v) is 14.5. The molecule has 3 amide bonds. The summed E-state index contributed by atoms with van der Waals surface area (Å²) in [5.41, 5.74) is 6.25. The Morgan fingerprint density at radius 2 is 1.40 bits per heavy atom. The average molecular weight is 580 g/mol. The summed E-state index contributed by atoms with van der Waals surface area (Å²) in [5.74, 6) is -1.25. The molecule has 0 aromatic heterocycles. The Kier molecular flexibility index (Phi) is 11.0. The van der Waals surface area contributed by atoms with Crippen LogP contribution in [0.5, 0.6) is 0 Å².